The van der Waals surface area contributed by atoms with Crippen LogP contribution in [0.2, 0.25) is 5.02 Å². The zero-order chi connectivity index (χ0) is 16.1. The minimum absolute atomic E-state index is 0. The molecule has 9 heteroatoms. The van der Waals surface area contributed by atoms with Gasteiger partial charge in [0.25, 0.3) is 0 Å². The fourth-order valence-electron chi connectivity index (χ4n) is 2.50. The molecule has 1 aliphatic heterocycles. The third kappa shape index (κ3) is 6.35. The Morgan fingerprint density at radius 3 is 2.50 bits per heavy atom. The minimum Gasteiger partial charge on any atom is -0.383 e. The van der Waals surface area contributed by atoms with Gasteiger partial charge in [-0.3, -0.25) is 9.69 Å². The summed E-state index contributed by atoms with van der Waals surface area (Å²) in [5, 5.41) is 0.431. The summed E-state index contributed by atoms with van der Waals surface area (Å²) in [6.45, 7) is 3.58. The minimum atomic E-state index is -0.608. The van der Waals surface area contributed by atoms with Gasteiger partial charge in [0.05, 0.1) is 6.61 Å². The summed E-state index contributed by atoms with van der Waals surface area (Å²) >= 11 is 6.04. The third-order valence-corrected chi connectivity index (χ3v) is 4.11. The fourth-order valence-corrected chi connectivity index (χ4v) is 2.73. The molecule has 0 radical (unpaired) electrons. The number of piperazine rings is 1. The Hall–Kier alpha value is -0.630. The van der Waals surface area contributed by atoms with Crippen molar-refractivity contribution in [1.82, 2.24) is 9.80 Å². The number of benzene rings is 1. The van der Waals surface area contributed by atoms with Gasteiger partial charge in [0.1, 0.15) is 11.9 Å². The van der Waals surface area contributed by atoms with Crippen LogP contribution in [0.15, 0.2) is 18.2 Å². The molecule has 0 spiro atoms. The molecule has 2 N–H and O–H groups in total. The van der Waals surface area contributed by atoms with Crippen LogP contribution in [0.3, 0.4) is 0 Å². The summed E-state index contributed by atoms with van der Waals surface area (Å²) in [6.07, 6.45) is 0. The zero-order valence-electron chi connectivity index (χ0n) is 13.4. The Morgan fingerprint density at radius 1 is 1.33 bits per heavy atom. The predicted molar refractivity (Wildman–Crippen MR) is 97.6 cm³/mol. The Bertz CT molecular complexity index is 529. The monoisotopic (exact) mass is 401 g/mol. The molecule has 138 valence electrons. The van der Waals surface area contributed by atoms with E-state index in [1.165, 1.54) is 19.2 Å². The first-order chi connectivity index (χ1) is 10.5. The van der Waals surface area contributed by atoms with E-state index >= 15 is 0 Å². The van der Waals surface area contributed by atoms with Gasteiger partial charge in [-0.25, -0.2) is 4.39 Å². The summed E-state index contributed by atoms with van der Waals surface area (Å²) in [5.41, 5.74) is 6.66. The maximum absolute atomic E-state index is 13.0. The summed E-state index contributed by atoms with van der Waals surface area (Å²) in [4.78, 5) is 16.0. The van der Waals surface area contributed by atoms with Crippen molar-refractivity contribution in [2.75, 3.05) is 39.9 Å². The van der Waals surface area contributed by atoms with E-state index in [4.69, 9.17) is 22.1 Å². The number of rotatable bonds is 5. The molecule has 0 aliphatic carbocycles. The van der Waals surface area contributed by atoms with Crippen LogP contribution in [0.25, 0.3) is 0 Å². The van der Waals surface area contributed by atoms with E-state index in [1.54, 1.807) is 11.0 Å². The van der Waals surface area contributed by atoms with Gasteiger partial charge in [-0.2, -0.15) is 0 Å². The highest BCUT2D eigenvalue weighted by Gasteiger charge is 2.25. The number of hydrogen-bond acceptors (Lipinski definition) is 4. The molecular weight excluding hydrogens is 380 g/mol. The molecule has 1 unspecified atom stereocenters. The number of hydrogen-bond donors (Lipinski definition) is 1. The van der Waals surface area contributed by atoms with Gasteiger partial charge in [-0.05, 0) is 17.7 Å². The molecule has 1 amide bonds. The molecule has 1 aliphatic rings. The van der Waals surface area contributed by atoms with Crippen molar-refractivity contribution in [3.63, 3.8) is 0 Å². The quantitative estimate of drug-likeness (QED) is 0.818. The van der Waals surface area contributed by atoms with Crippen molar-refractivity contribution in [1.29, 1.82) is 0 Å². The van der Waals surface area contributed by atoms with E-state index in [0.717, 1.165) is 18.7 Å². The number of methoxy groups -OCH3 is 1. The van der Waals surface area contributed by atoms with Gasteiger partial charge in [0, 0.05) is 44.9 Å². The van der Waals surface area contributed by atoms with Crippen molar-refractivity contribution < 1.29 is 13.9 Å². The highest BCUT2D eigenvalue weighted by molar-refractivity contribution is 6.31. The number of nitrogens with two attached hydrogens (primary N) is 1. The largest absolute Gasteiger partial charge is 0.383 e. The second kappa shape index (κ2) is 11.1. The number of amides is 1. The Kier molecular flexibility index (Phi) is 10.8. The number of carbonyl (C=O) groups is 1. The fraction of sp³-hybridized carbons (Fsp3) is 0.533. The van der Waals surface area contributed by atoms with Crippen LogP contribution in [0, 0.1) is 5.82 Å². The molecule has 2 rings (SSSR count). The highest BCUT2D eigenvalue weighted by atomic mass is 35.5. The van der Waals surface area contributed by atoms with Gasteiger partial charge in [0.2, 0.25) is 5.91 Å². The van der Waals surface area contributed by atoms with Gasteiger partial charge < -0.3 is 15.4 Å². The lowest BCUT2D eigenvalue weighted by Gasteiger charge is -2.36. The SMILES string of the molecule is COCC(N)C(=O)N1CCN(Cc2ccc(F)cc2Cl)CC1.Cl.Cl. The normalized spacial score (nSPS) is 16.1. The van der Waals surface area contributed by atoms with Crippen molar-refractivity contribution in [3.8, 4) is 0 Å². The van der Waals surface area contributed by atoms with E-state index in [1.807, 2.05) is 0 Å². The van der Waals surface area contributed by atoms with Crippen molar-refractivity contribution in [3.05, 3.63) is 34.6 Å². The lowest BCUT2D eigenvalue weighted by molar-refractivity contribution is -0.135. The van der Waals surface area contributed by atoms with Crippen LogP contribution in [-0.4, -0.2) is 61.6 Å². The number of carbonyl (C=O) groups excluding carboxylic acids is 1. The Morgan fingerprint density at radius 2 is 1.96 bits per heavy atom. The van der Waals surface area contributed by atoms with Crippen LogP contribution < -0.4 is 5.73 Å². The van der Waals surface area contributed by atoms with E-state index in [2.05, 4.69) is 4.90 Å². The predicted octanol–water partition coefficient (Wildman–Crippen LogP) is 1.94. The summed E-state index contributed by atoms with van der Waals surface area (Å²) in [7, 11) is 1.53. The lowest BCUT2D eigenvalue weighted by Crippen LogP contribution is -2.53. The van der Waals surface area contributed by atoms with Crippen LogP contribution in [0.5, 0.6) is 0 Å². The van der Waals surface area contributed by atoms with Gasteiger partial charge in [0.15, 0.2) is 0 Å². The third-order valence-electron chi connectivity index (χ3n) is 3.76. The molecular formula is C15H23Cl3FN3O2. The van der Waals surface area contributed by atoms with Gasteiger partial charge in [-0.15, -0.1) is 24.8 Å². The van der Waals surface area contributed by atoms with E-state index in [9.17, 15) is 9.18 Å². The molecule has 1 heterocycles. The van der Waals surface area contributed by atoms with Crippen molar-refractivity contribution >= 4 is 42.3 Å². The molecule has 0 saturated carbocycles. The molecule has 1 aromatic carbocycles. The smallest absolute Gasteiger partial charge is 0.241 e. The highest BCUT2D eigenvalue weighted by Crippen LogP contribution is 2.19. The molecule has 5 nitrogen and oxygen atoms in total. The van der Waals surface area contributed by atoms with Crippen molar-refractivity contribution in [2.45, 2.75) is 12.6 Å². The van der Waals surface area contributed by atoms with Crippen LogP contribution in [0.4, 0.5) is 4.39 Å². The molecule has 0 bridgehead atoms. The molecule has 1 saturated heterocycles. The molecule has 24 heavy (non-hydrogen) atoms. The second-order valence-electron chi connectivity index (χ2n) is 5.40. The second-order valence-corrected chi connectivity index (χ2v) is 5.81. The topological polar surface area (TPSA) is 58.8 Å². The summed E-state index contributed by atoms with van der Waals surface area (Å²) in [5.74, 6) is -0.419. The van der Waals surface area contributed by atoms with Gasteiger partial charge >= 0.3 is 0 Å². The van der Waals surface area contributed by atoms with Crippen molar-refractivity contribution in [2.24, 2.45) is 5.73 Å². The molecule has 1 aromatic rings. The van der Waals surface area contributed by atoms with E-state index in [-0.39, 0.29) is 43.1 Å². The first-order valence-electron chi connectivity index (χ1n) is 7.21. The molecule has 1 fully saturated rings. The lowest BCUT2D eigenvalue weighted by atomic mass is 10.2. The number of nitrogens with zero attached hydrogens (tertiary/aromatic N) is 2. The molecule has 0 aromatic heterocycles. The zero-order valence-corrected chi connectivity index (χ0v) is 15.8. The Balaban J connectivity index is 0.00000264. The maximum atomic E-state index is 13.0. The van der Waals surface area contributed by atoms with E-state index < -0.39 is 6.04 Å². The van der Waals surface area contributed by atoms with E-state index in [0.29, 0.717) is 24.7 Å². The first kappa shape index (κ1) is 23.4. The number of ether oxygens (including phenoxy) is 1. The standard InChI is InChI=1S/C15H21ClFN3O2.2ClH/c1-22-10-14(18)15(21)20-6-4-19(5-7-20)9-11-2-3-12(17)8-13(11)16;;/h2-3,8,14H,4-7,9-10,18H2,1H3;2*1H. The molecule has 1 atom stereocenters. The van der Waals surface area contributed by atoms with Crippen LogP contribution in [-0.2, 0) is 16.1 Å². The summed E-state index contributed by atoms with van der Waals surface area (Å²) in [6, 6.07) is 3.82. The average Bonchev–Trinajstić information content (AvgIpc) is 2.50. The van der Waals surface area contributed by atoms with Crippen LogP contribution in [0.1, 0.15) is 5.56 Å². The maximum Gasteiger partial charge on any atom is 0.241 e. The Labute approximate surface area is 159 Å². The number of halogens is 4. The van der Waals surface area contributed by atoms with Crippen LogP contribution >= 0.6 is 36.4 Å². The van der Waals surface area contributed by atoms with Gasteiger partial charge in [-0.1, -0.05) is 17.7 Å². The first-order valence-corrected chi connectivity index (χ1v) is 7.58. The average molecular weight is 403 g/mol. The summed E-state index contributed by atoms with van der Waals surface area (Å²) < 4.78 is 18.0.